The normalized spacial score (nSPS) is 9.11. The molecule has 0 saturated heterocycles. The fourth-order valence-corrected chi connectivity index (χ4v) is 0.767. The van der Waals surface area contributed by atoms with Crippen LogP contribution in [0.1, 0.15) is 26.2 Å². The number of carbonyl (C=O) groups is 1. The predicted octanol–water partition coefficient (Wildman–Crippen LogP) is 1.06. The second kappa shape index (κ2) is 12.3. The Morgan fingerprint density at radius 1 is 1.39 bits per heavy atom. The Labute approximate surface area is 116 Å². The molecule has 0 aliphatic carbocycles. The summed E-state index contributed by atoms with van der Waals surface area (Å²) in [6, 6.07) is 0. The lowest BCUT2D eigenvalue weighted by Gasteiger charge is -2.07. The van der Waals surface area contributed by atoms with Gasteiger partial charge in [0.15, 0.2) is 11.9 Å². The van der Waals surface area contributed by atoms with Gasteiger partial charge in [0.2, 0.25) is 4.84 Å². The summed E-state index contributed by atoms with van der Waals surface area (Å²) in [4.78, 5) is 8.15. The van der Waals surface area contributed by atoms with Crippen LogP contribution in [-0.2, 0) is 4.79 Å². The maximum Gasteiger partial charge on any atom is 0.337 e. The summed E-state index contributed by atoms with van der Waals surface area (Å²) in [6.07, 6.45) is 3.36. The van der Waals surface area contributed by atoms with Gasteiger partial charge in [-0.25, -0.2) is 4.79 Å². The molecule has 9 heteroatoms. The van der Waals surface area contributed by atoms with Gasteiger partial charge in [0.25, 0.3) is 0 Å². The fraction of sp³-hybridized carbons (Fsp3) is 0.667. The van der Waals surface area contributed by atoms with E-state index < -0.39 is 10.8 Å². The Morgan fingerprint density at radius 3 is 2.22 bits per heavy atom. The number of guanidine groups is 2. The lowest BCUT2D eigenvalue weighted by Crippen LogP contribution is -2.43. The van der Waals surface area contributed by atoms with Gasteiger partial charge in [-0.15, -0.1) is 0 Å². The second-order valence-corrected chi connectivity index (χ2v) is 4.28. The van der Waals surface area contributed by atoms with E-state index in [1.165, 1.54) is 0 Å². The predicted molar refractivity (Wildman–Crippen MR) is 73.4 cm³/mol. The van der Waals surface area contributed by atoms with E-state index in [1.54, 1.807) is 0 Å². The van der Waals surface area contributed by atoms with E-state index in [0.717, 1.165) is 25.8 Å². The zero-order chi connectivity index (χ0) is 14.6. The molecule has 0 aromatic carbocycles. The first kappa shape index (κ1) is 19.1. The van der Waals surface area contributed by atoms with Crippen molar-refractivity contribution in [1.82, 2.24) is 10.6 Å². The Hall–Kier alpha value is -1.21. The van der Waals surface area contributed by atoms with Gasteiger partial charge < -0.3 is 16.2 Å². The monoisotopic (exact) mass is 299 g/mol. The highest BCUT2D eigenvalue weighted by molar-refractivity contribution is 6.52. The van der Waals surface area contributed by atoms with Crippen molar-refractivity contribution < 1.29 is 9.90 Å². The minimum absolute atomic E-state index is 0.0959. The van der Waals surface area contributed by atoms with Crippen molar-refractivity contribution in [1.29, 1.82) is 10.8 Å². The summed E-state index contributed by atoms with van der Waals surface area (Å²) >= 11 is 9.56. The van der Waals surface area contributed by atoms with Crippen molar-refractivity contribution >= 4 is 41.1 Å². The summed E-state index contributed by atoms with van der Waals surface area (Å²) in [6.45, 7) is 2.88. The number of aliphatic carboxylic acids is 1. The number of rotatable bonds is 5. The molecule has 0 aliphatic heterocycles. The molecule has 0 fully saturated rings. The molecule has 0 heterocycles. The van der Waals surface area contributed by atoms with Crippen molar-refractivity contribution in [2.24, 2.45) is 5.73 Å². The molecule has 0 saturated carbocycles. The van der Waals surface area contributed by atoms with Crippen molar-refractivity contribution in [2.45, 2.75) is 31.0 Å². The minimum atomic E-state index is -1.29. The zero-order valence-corrected chi connectivity index (χ0v) is 11.6. The lowest BCUT2D eigenvalue weighted by molar-refractivity contribution is -0.135. The first-order chi connectivity index (χ1) is 8.31. The topological polar surface area (TPSA) is 135 Å². The summed E-state index contributed by atoms with van der Waals surface area (Å²) in [5, 5.41) is 26.9. The molecule has 0 radical (unpaired) electrons. The molecule has 18 heavy (non-hydrogen) atoms. The molecule has 0 spiro atoms. The smallest absolute Gasteiger partial charge is 0.337 e. The molecule has 0 aliphatic rings. The van der Waals surface area contributed by atoms with Crippen LogP contribution in [0.2, 0.25) is 0 Å². The first-order valence-corrected chi connectivity index (χ1v) is 6.13. The van der Waals surface area contributed by atoms with Crippen LogP contribution in [-0.4, -0.2) is 34.4 Å². The van der Waals surface area contributed by atoms with E-state index in [1.807, 2.05) is 0 Å². The highest BCUT2D eigenvalue weighted by atomic mass is 35.5. The molecule has 0 bridgehead atoms. The van der Waals surface area contributed by atoms with E-state index in [9.17, 15) is 4.79 Å². The third-order valence-corrected chi connectivity index (χ3v) is 1.90. The third kappa shape index (κ3) is 17.2. The third-order valence-electron chi connectivity index (χ3n) is 1.53. The Kier molecular flexibility index (Phi) is 13.0. The van der Waals surface area contributed by atoms with Gasteiger partial charge in [-0.3, -0.25) is 16.1 Å². The highest BCUT2D eigenvalue weighted by Gasteiger charge is 2.05. The maximum absolute atomic E-state index is 9.44. The number of hydrogen-bond donors (Lipinski definition) is 6. The van der Waals surface area contributed by atoms with Gasteiger partial charge in [-0.05, 0) is 6.42 Å². The quantitative estimate of drug-likeness (QED) is 0.195. The van der Waals surface area contributed by atoms with E-state index in [4.69, 9.17) is 44.9 Å². The first-order valence-electron chi connectivity index (χ1n) is 5.25. The number of nitrogens with two attached hydrogens (primary N) is 1. The van der Waals surface area contributed by atoms with Crippen LogP contribution in [0.5, 0.6) is 0 Å². The molecule has 0 unspecified atom stereocenters. The Bertz CT molecular complexity index is 274. The number of unbranched alkanes of at least 4 members (excludes halogenated alkanes) is 2. The lowest BCUT2D eigenvalue weighted by atomic mass is 10.2. The number of nitrogens with one attached hydrogen (secondary N) is 4. The number of halogens is 2. The Balaban J connectivity index is 0. The maximum atomic E-state index is 9.44. The van der Waals surface area contributed by atoms with Crippen LogP contribution in [0.4, 0.5) is 0 Å². The molecular formula is C9H19Cl2N5O2. The van der Waals surface area contributed by atoms with Crippen molar-refractivity contribution in [3.05, 3.63) is 0 Å². The number of hydrogen-bond acceptors (Lipinski definition) is 3. The Morgan fingerprint density at radius 2 is 1.89 bits per heavy atom. The molecular weight excluding hydrogens is 281 g/mol. The molecule has 0 aromatic rings. The van der Waals surface area contributed by atoms with Gasteiger partial charge in [-0.2, -0.15) is 0 Å². The van der Waals surface area contributed by atoms with Crippen molar-refractivity contribution in [2.75, 3.05) is 6.54 Å². The molecule has 0 amide bonds. The summed E-state index contributed by atoms with van der Waals surface area (Å²) in [5.41, 5.74) is 5.02. The van der Waals surface area contributed by atoms with Crippen molar-refractivity contribution in [3.63, 3.8) is 0 Å². The van der Waals surface area contributed by atoms with Crippen LogP contribution < -0.4 is 16.4 Å². The molecule has 7 nitrogen and oxygen atoms in total. The molecule has 7 N–H and O–H groups in total. The average Bonchev–Trinajstić information content (AvgIpc) is 2.24. The van der Waals surface area contributed by atoms with E-state index in [-0.39, 0.29) is 11.9 Å². The van der Waals surface area contributed by atoms with Crippen LogP contribution in [0.15, 0.2) is 0 Å². The van der Waals surface area contributed by atoms with Crippen LogP contribution in [0.3, 0.4) is 0 Å². The number of carboxylic acids is 1. The van der Waals surface area contributed by atoms with Crippen LogP contribution in [0, 0.1) is 10.8 Å². The summed E-state index contributed by atoms with van der Waals surface area (Å²) in [5.74, 6) is -1.32. The van der Waals surface area contributed by atoms with Crippen molar-refractivity contribution in [3.8, 4) is 0 Å². The van der Waals surface area contributed by atoms with E-state index in [2.05, 4.69) is 17.6 Å². The van der Waals surface area contributed by atoms with Gasteiger partial charge in [0.1, 0.15) is 0 Å². The van der Waals surface area contributed by atoms with Gasteiger partial charge >= 0.3 is 5.97 Å². The summed E-state index contributed by atoms with van der Waals surface area (Å²) in [7, 11) is 0. The molecule has 106 valence electrons. The summed E-state index contributed by atoms with van der Waals surface area (Å²) < 4.78 is 0. The van der Waals surface area contributed by atoms with Gasteiger partial charge in [0, 0.05) is 6.54 Å². The zero-order valence-electron chi connectivity index (χ0n) is 10.1. The van der Waals surface area contributed by atoms with Gasteiger partial charge in [-0.1, -0.05) is 43.0 Å². The number of alkyl halides is 2. The second-order valence-electron chi connectivity index (χ2n) is 3.19. The van der Waals surface area contributed by atoms with Gasteiger partial charge in [0.05, 0.1) is 0 Å². The number of carboxylic acid groups (broad SMARTS) is 1. The minimum Gasteiger partial charge on any atom is -0.479 e. The SMILES string of the molecule is CCCCCNC(=N)NC(=N)N.O=C(O)C(Cl)Cl. The average molecular weight is 300 g/mol. The fourth-order valence-electron chi connectivity index (χ4n) is 0.767. The standard InChI is InChI=1S/C7H17N5.C2H2Cl2O2/c1-2-3-4-5-11-7(10)12-6(8)9;3-1(4)2(5)6/h2-5H2,1H3,(H6,8,9,10,11,12);1H,(H,5,6). The largest absolute Gasteiger partial charge is 0.479 e. The van der Waals surface area contributed by atoms with Crippen LogP contribution >= 0.6 is 23.2 Å². The molecule has 0 rings (SSSR count). The van der Waals surface area contributed by atoms with E-state index in [0.29, 0.717) is 0 Å². The molecule has 0 atom stereocenters. The van der Waals surface area contributed by atoms with E-state index >= 15 is 0 Å². The highest BCUT2D eigenvalue weighted by Crippen LogP contribution is 1.98. The molecule has 0 aromatic heterocycles. The van der Waals surface area contributed by atoms with Crippen LogP contribution in [0.25, 0.3) is 0 Å².